The molecule has 0 radical (unpaired) electrons. The summed E-state index contributed by atoms with van der Waals surface area (Å²) in [5.74, 6) is 0.597. The summed E-state index contributed by atoms with van der Waals surface area (Å²) >= 11 is 5.93. The van der Waals surface area contributed by atoms with Crippen LogP contribution in [0.3, 0.4) is 0 Å². The second kappa shape index (κ2) is 7.82. The minimum atomic E-state index is -3.87. The molecule has 29 heavy (non-hydrogen) atoms. The van der Waals surface area contributed by atoms with Gasteiger partial charge < -0.3 is 14.2 Å². The van der Waals surface area contributed by atoms with Crippen LogP contribution >= 0.6 is 11.6 Å². The van der Waals surface area contributed by atoms with Gasteiger partial charge in [-0.1, -0.05) is 29.3 Å². The van der Waals surface area contributed by atoms with Crippen molar-refractivity contribution in [2.24, 2.45) is 0 Å². The molecule has 0 atom stereocenters. The van der Waals surface area contributed by atoms with E-state index in [9.17, 15) is 8.42 Å². The van der Waals surface area contributed by atoms with E-state index in [0.29, 0.717) is 29.9 Å². The monoisotopic (exact) mass is 431 g/mol. The molecule has 2 aromatic carbocycles. The van der Waals surface area contributed by atoms with Gasteiger partial charge in [0.15, 0.2) is 0 Å². The Morgan fingerprint density at radius 2 is 1.72 bits per heavy atom. The van der Waals surface area contributed by atoms with Gasteiger partial charge in [0.1, 0.15) is 0 Å². The highest BCUT2D eigenvalue weighted by Crippen LogP contribution is 2.35. The van der Waals surface area contributed by atoms with Crippen molar-refractivity contribution in [2.45, 2.75) is 16.8 Å². The summed E-state index contributed by atoms with van der Waals surface area (Å²) < 4.78 is 32.8. The van der Waals surface area contributed by atoms with Crippen LogP contribution in [0.2, 0.25) is 5.02 Å². The number of hydrogen-bond acceptors (Lipinski definition) is 6. The Morgan fingerprint density at radius 1 is 1.03 bits per heavy atom. The number of anilines is 1. The molecule has 8 heteroatoms. The number of halogens is 1. The highest BCUT2D eigenvalue weighted by atomic mass is 35.5. The first-order valence-electron chi connectivity index (χ1n) is 9.36. The lowest BCUT2D eigenvalue weighted by Crippen LogP contribution is -2.44. The molecule has 1 aliphatic heterocycles. The third kappa shape index (κ3) is 4.03. The van der Waals surface area contributed by atoms with E-state index in [4.69, 9.17) is 16.0 Å². The highest BCUT2D eigenvalue weighted by Gasteiger charge is 2.32. The van der Waals surface area contributed by atoms with E-state index in [-0.39, 0.29) is 9.92 Å². The van der Waals surface area contributed by atoms with Crippen LogP contribution in [0, 0.1) is 6.92 Å². The molecule has 0 amide bonds. The van der Waals surface area contributed by atoms with Gasteiger partial charge in [-0.3, -0.25) is 0 Å². The summed E-state index contributed by atoms with van der Waals surface area (Å²) in [5, 5.41) is 0.421. The number of aryl methyl sites for hydroxylation is 1. The number of sulfone groups is 1. The zero-order valence-corrected chi connectivity index (χ0v) is 17.9. The topological polar surface area (TPSA) is 66.7 Å². The molecular weight excluding hydrogens is 410 g/mol. The van der Waals surface area contributed by atoms with Crippen molar-refractivity contribution in [3.05, 3.63) is 59.1 Å². The van der Waals surface area contributed by atoms with Crippen molar-refractivity contribution in [3.63, 3.8) is 0 Å². The maximum atomic E-state index is 13.4. The largest absolute Gasteiger partial charge is 0.419 e. The fourth-order valence-corrected chi connectivity index (χ4v) is 4.76. The SMILES string of the molecule is Cc1cccc(-c2nc(S(=O)(=O)c3ccc(Cl)cc3)c(N3CCN(C)CC3)o2)c1. The number of benzene rings is 2. The van der Waals surface area contributed by atoms with Crippen molar-refractivity contribution in [1.29, 1.82) is 0 Å². The molecule has 0 spiro atoms. The predicted octanol–water partition coefficient (Wildman–Crippen LogP) is 3.89. The van der Waals surface area contributed by atoms with Crippen molar-refractivity contribution in [2.75, 3.05) is 38.1 Å². The van der Waals surface area contributed by atoms with Gasteiger partial charge in [-0.05, 0) is 50.4 Å². The second-order valence-corrected chi connectivity index (χ2v) is 9.55. The number of piperazine rings is 1. The summed E-state index contributed by atoms with van der Waals surface area (Å²) in [6.45, 7) is 4.95. The second-order valence-electron chi connectivity index (χ2n) is 7.25. The third-order valence-electron chi connectivity index (χ3n) is 5.01. The molecule has 3 aromatic rings. The van der Waals surface area contributed by atoms with E-state index < -0.39 is 9.84 Å². The number of hydrogen-bond donors (Lipinski definition) is 0. The molecule has 6 nitrogen and oxygen atoms in total. The smallest absolute Gasteiger partial charge is 0.236 e. The first-order valence-corrected chi connectivity index (χ1v) is 11.2. The van der Waals surface area contributed by atoms with Gasteiger partial charge in [0.2, 0.25) is 26.6 Å². The van der Waals surface area contributed by atoms with Gasteiger partial charge in [-0.2, -0.15) is 4.98 Å². The lowest BCUT2D eigenvalue weighted by atomic mass is 10.1. The number of rotatable bonds is 4. The fraction of sp³-hybridized carbons (Fsp3) is 0.286. The van der Waals surface area contributed by atoms with Crippen LogP contribution in [0.25, 0.3) is 11.5 Å². The average molecular weight is 432 g/mol. The van der Waals surface area contributed by atoms with E-state index in [2.05, 4.69) is 9.88 Å². The molecule has 0 saturated carbocycles. The summed E-state index contributed by atoms with van der Waals surface area (Å²) in [7, 11) is -1.82. The zero-order valence-electron chi connectivity index (χ0n) is 16.3. The standard InChI is InChI=1S/C21H22ClN3O3S/c1-15-4-3-5-16(14-15)19-23-20(21(28-19)25-12-10-24(2)11-13-25)29(26,27)18-8-6-17(22)7-9-18/h3-9,14H,10-13H2,1-2H3. The minimum Gasteiger partial charge on any atom is -0.419 e. The van der Waals surface area contributed by atoms with E-state index in [1.807, 2.05) is 43.1 Å². The summed E-state index contributed by atoms with van der Waals surface area (Å²) in [4.78, 5) is 8.73. The van der Waals surface area contributed by atoms with Crippen molar-refractivity contribution in [1.82, 2.24) is 9.88 Å². The van der Waals surface area contributed by atoms with Gasteiger partial charge in [-0.25, -0.2) is 8.42 Å². The Kier molecular flexibility index (Phi) is 5.38. The summed E-state index contributed by atoms with van der Waals surface area (Å²) in [6.07, 6.45) is 0. The fourth-order valence-electron chi connectivity index (χ4n) is 3.31. The van der Waals surface area contributed by atoms with Crippen molar-refractivity contribution < 1.29 is 12.8 Å². The molecule has 0 N–H and O–H groups in total. The lowest BCUT2D eigenvalue weighted by molar-refractivity contribution is 0.305. The predicted molar refractivity (Wildman–Crippen MR) is 113 cm³/mol. The van der Waals surface area contributed by atoms with Crippen LogP contribution in [-0.2, 0) is 9.84 Å². The molecule has 1 aliphatic rings. The van der Waals surface area contributed by atoms with Crippen LogP contribution in [0.1, 0.15) is 5.56 Å². The molecule has 0 bridgehead atoms. The van der Waals surface area contributed by atoms with Gasteiger partial charge in [0.25, 0.3) is 0 Å². The minimum absolute atomic E-state index is 0.0547. The van der Waals surface area contributed by atoms with Crippen LogP contribution in [0.15, 0.2) is 62.9 Å². The van der Waals surface area contributed by atoms with Gasteiger partial charge in [0, 0.05) is 36.8 Å². The number of nitrogens with zero attached hydrogens (tertiary/aromatic N) is 3. The van der Waals surface area contributed by atoms with Crippen LogP contribution in [-0.4, -0.2) is 51.5 Å². The summed E-state index contributed by atoms with van der Waals surface area (Å²) in [5.41, 5.74) is 1.79. The zero-order chi connectivity index (χ0) is 20.6. The Labute approximate surface area is 175 Å². The highest BCUT2D eigenvalue weighted by molar-refractivity contribution is 7.91. The Balaban J connectivity index is 1.83. The molecule has 1 saturated heterocycles. The molecule has 2 heterocycles. The molecular formula is C21H22ClN3O3S. The van der Waals surface area contributed by atoms with Gasteiger partial charge in [0.05, 0.1) is 4.90 Å². The average Bonchev–Trinajstić information content (AvgIpc) is 3.15. The molecule has 0 aliphatic carbocycles. The Bertz CT molecular complexity index is 1120. The Hall–Kier alpha value is -2.35. The van der Waals surface area contributed by atoms with Crippen molar-refractivity contribution in [3.8, 4) is 11.5 Å². The molecule has 152 valence electrons. The molecule has 1 fully saturated rings. The first-order chi connectivity index (χ1) is 13.8. The van der Waals surface area contributed by atoms with E-state index in [1.165, 1.54) is 12.1 Å². The third-order valence-corrected chi connectivity index (χ3v) is 6.93. The van der Waals surface area contributed by atoms with Crippen LogP contribution in [0.4, 0.5) is 5.88 Å². The normalized spacial score (nSPS) is 15.6. The maximum absolute atomic E-state index is 13.4. The van der Waals surface area contributed by atoms with Crippen LogP contribution in [0.5, 0.6) is 0 Å². The number of oxazole rings is 1. The van der Waals surface area contributed by atoms with Gasteiger partial charge in [-0.15, -0.1) is 0 Å². The first kappa shape index (κ1) is 19.9. The molecule has 4 rings (SSSR count). The molecule has 0 unspecified atom stereocenters. The van der Waals surface area contributed by atoms with E-state index in [0.717, 1.165) is 24.2 Å². The van der Waals surface area contributed by atoms with Gasteiger partial charge >= 0.3 is 0 Å². The maximum Gasteiger partial charge on any atom is 0.236 e. The lowest BCUT2D eigenvalue weighted by Gasteiger charge is -2.32. The van der Waals surface area contributed by atoms with E-state index in [1.54, 1.807) is 12.1 Å². The van der Waals surface area contributed by atoms with Crippen LogP contribution < -0.4 is 4.90 Å². The Morgan fingerprint density at radius 3 is 2.38 bits per heavy atom. The number of aromatic nitrogens is 1. The number of likely N-dealkylation sites (N-methyl/N-ethyl adjacent to an activating group) is 1. The van der Waals surface area contributed by atoms with Crippen molar-refractivity contribution >= 4 is 27.3 Å². The quantitative estimate of drug-likeness (QED) is 0.624. The molecule has 1 aromatic heterocycles. The van der Waals surface area contributed by atoms with E-state index >= 15 is 0 Å². The summed E-state index contributed by atoms with van der Waals surface area (Å²) in [6, 6.07) is 13.8.